The van der Waals surface area contributed by atoms with Gasteiger partial charge in [0.15, 0.2) is 0 Å². The Hall–Kier alpha value is -1.06. The van der Waals surface area contributed by atoms with E-state index in [1.807, 2.05) is 0 Å². The van der Waals surface area contributed by atoms with Crippen molar-refractivity contribution < 1.29 is 4.74 Å². The molecule has 21 heavy (non-hydrogen) atoms. The van der Waals surface area contributed by atoms with Crippen LogP contribution in [0.15, 0.2) is 18.2 Å². The number of piperidine rings is 1. The third-order valence-corrected chi connectivity index (χ3v) is 5.22. The van der Waals surface area contributed by atoms with Crippen LogP contribution in [-0.4, -0.2) is 37.2 Å². The third kappa shape index (κ3) is 2.69. The summed E-state index contributed by atoms with van der Waals surface area (Å²) in [6.45, 7) is 7.98. The van der Waals surface area contributed by atoms with Crippen molar-refractivity contribution in [3.63, 3.8) is 0 Å². The van der Waals surface area contributed by atoms with Crippen molar-refractivity contribution >= 4 is 0 Å². The van der Waals surface area contributed by atoms with Crippen molar-refractivity contribution in [2.24, 2.45) is 0 Å². The summed E-state index contributed by atoms with van der Waals surface area (Å²) in [7, 11) is 2.07. The van der Waals surface area contributed by atoms with Crippen molar-refractivity contribution in [2.75, 3.05) is 26.7 Å². The molecule has 0 saturated carbocycles. The molecule has 0 radical (unpaired) electrons. The summed E-state index contributed by atoms with van der Waals surface area (Å²) < 4.78 is 5.94. The molecule has 3 nitrogen and oxygen atoms in total. The van der Waals surface area contributed by atoms with Gasteiger partial charge in [-0.3, -0.25) is 4.90 Å². The van der Waals surface area contributed by atoms with Gasteiger partial charge < -0.3 is 10.1 Å². The Morgan fingerprint density at radius 3 is 2.67 bits per heavy atom. The number of likely N-dealkylation sites (N-methyl/N-ethyl adjacent to an activating group) is 1. The number of rotatable bonds is 4. The second-order valence-electron chi connectivity index (χ2n) is 6.86. The predicted molar refractivity (Wildman–Crippen MR) is 86.9 cm³/mol. The summed E-state index contributed by atoms with van der Waals surface area (Å²) in [5, 5.41) is 3.56. The van der Waals surface area contributed by atoms with Gasteiger partial charge in [0, 0.05) is 17.5 Å². The standard InChI is InChI=1S/C18H28N2O/c1-18(2,20-11-5-4-6-12-20)17(19-3)15-9-7-8-14-10-13-21-16(14)15/h7-9,17,19H,4-6,10-13H2,1-3H3. The Kier molecular flexibility index (Phi) is 4.23. The Balaban J connectivity index is 1.92. The first-order valence-corrected chi connectivity index (χ1v) is 8.31. The summed E-state index contributed by atoms with van der Waals surface area (Å²) in [5.74, 6) is 1.13. The minimum atomic E-state index is 0.0935. The van der Waals surface area contributed by atoms with Crippen LogP contribution >= 0.6 is 0 Å². The van der Waals surface area contributed by atoms with Crippen LogP contribution in [0.3, 0.4) is 0 Å². The molecule has 2 heterocycles. The summed E-state index contributed by atoms with van der Waals surface area (Å²) in [5.41, 5.74) is 2.78. The molecule has 1 saturated heterocycles. The van der Waals surface area contributed by atoms with E-state index in [0.29, 0.717) is 6.04 Å². The molecule has 3 heteroatoms. The maximum absolute atomic E-state index is 5.94. The molecule has 1 N–H and O–H groups in total. The molecule has 0 aliphatic carbocycles. The largest absolute Gasteiger partial charge is 0.493 e. The van der Waals surface area contributed by atoms with E-state index in [9.17, 15) is 0 Å². The first-order chi connectivity index (χ1) is 10.1. The Labute approximate surface area is 128 Å². The van der Waals surface area contributed by atoms with Crippen molar-refractivity contribution in [1.82, 2.24) is 10.2 Å². The van der Waals surface area contributed by atoms with Gasteiger partial charge in [0.05, 0.1) is 12.6 Å². The van der Waals surface area contributed by atoms with Gasteiger partial charge in [0.1, 0.15) is 5.75 Å². The summed E-state index contributed by atoms with van der Waals surface area (Å²) in [4.78, 5) is 2.64. The minimum absolute atomic E-state index is 0.0935. The minimum Gasteiger partial charge on any atom is -0.493 e. The molecule has 0 bridgehead atoms. The molecule has 1 atom stereocenters. The van der Waals surface area contributed by atoms with Crippen LogP contribution in [0.1, 0.15) is 50.3 Å². The zero-order valence-corrected chi connectivity index (χ0v) is 13.6. The maximum Gasteiger partial charge on any atom is 0.127 e. The molecular weight excluding hydrogens is 260 g/mol. The zero-order chi connectivity index (χ0) is 14.9. The SMILES string of the molecule is CNC(c1cccc2c1OCC2)C(C)(C)N1CCCCC1. The highest BCUT2D eigenvalue weighted by molar-refractivity contribution is 5.46. The predicted octanol–water partition coefficient (Wildman–Crippen LogP) is 3.15. The van der Waals surface area contributed by atoms with Crippen molar-refractivity contribution in [3.8, 4) is 5.75 Å². The molecule has 1 aromatic carbocycles. The topological polar surface area (TPSA) is 24.5 Å². The Morgan fingerprint density at radius 2 is 1.95 bits per heavy atom. The molecule has 2 aliphatic heterocycles. The van der Waals surface area contributed by atoms with Gasteiger partial charge in [-0.05, 0) is 52.4 Å². The fraction of sp³-hybridized carbons (Fsp3) is 0.667. The molecular formula is C18H28N2O. The molecule has 2 aliphatic rings. The number of para-hydroxylation sites is 1. The third-order valence-electron chi connectivity index (χ3n) is 5.22. The molecule has 0 spiro atoms. The number of fused-ring (bicyclic) bond motifs is 1. The number of likely N-dealkylation sites (tertiary alicyclic amines) is 1. The second kappa shape index (κ2) is 5.98. The van der Waals surface area contributed by atoms with Crippen molar-refractivity contribution in [3.05, 3.63) is 29.3 Å². The Bertz CT molecular complexity index is 492. The van der Waals surface area contributed by atoms with Crippen LogP contribution in [0.25, 0.3) is 0 Å². The molecule has 0 aromatic heterocycles. The van der Waals surface area contributed by atoms with E-state index in [1.54, 1.807) is 0 Å². The number of ether oxygens (including phenoxy) is 1. The summed E-state index contributed by atoms with van der Waals surface area (Å²) in [6.07, 6.45) is 5.07. The van der Waals surface area contributed by atoms with Crippen LogP contribution in [0.4, 0.5) is 0 Å². The van der Waals surface area contributed by atoms with Crippen LogP contribution in [0, 0.1) is 0 Å². The summed E-state index contributed by atoms with van der Waals surface area (Å²) in [6, 6.07) is 6.91. The lowest BCUT2D eigenvalue weighted by molar-refractivity contribution is 0.0624. The van der Waals surface area contributed by atoms with E-state index in [0.717, 1.165) is 18.8 Å². The number of nitrogens with zero attached hydrogens (tertiary/aromatic N) is 1. The first kappa shape index (κ1) is 14.9. The lowest BCUT2D eigenvalue weighted by atomic mass is 9.84. The van der Waals surface area contributed by atoms with Gasteiger partial charge in [0.2, 0.25) is 0 Å². The van der Waals surface area contributed by atoms with E-state index in [1.165, 1.54) is 43.5 Å². The van der Waals surface area contributed by atoms with E-state index in [4.69, 9.17) is 4.74 Å². The van der Waals surface area contributed by atoms with Crippen LogP contribution in [0.2, 0.25) is 0 Å². The molecule has 3 rings (SSSR count). The lowest BCUT2D eigenvalue weighted by Gasteiger charge is -2.46. The van der Waals surface area contributed by atoms with Gasteiger partial charge in [-0.1, -0.05) is 24.6 Å². The van der Waals surface area contributed by atoms with E-state index < -0.39 is 0 Å². The monoisotopic (exact) mass is 288 g/mol. The van der Waals surface area contributed by atoms with Gasteiger partial charge in [-0.25, -0.2) is 0 Å². The number of benzene rings is 1. The quantitative estimate of drug-likeness (QED) is 0.921. The van der Waals surface area contributed by atoms with Crippen molar-refractivity contribution in [2.45, 2.75) is 51.1 Å². The van der Waals surface area contributed by atoms with Crippen LogP contribution < -0.4 is 10.1 Å². The molecule has 1 unspecified atom stereocenters. The lowest BCUT2D eigenvalue weighted by Crippen LogP contribution is -2.53. The smallest absolute Gasteiger partial charge is 0.127 e. The Morgan fingerprint density at radius 1 is 1.19 bits per heavy atom. The molecule has 0 amide bonds. The average molecular weight is 288 g/mol. The average Bonchev–Trinajstić information content (AvgIpc) is 2.98. The molecule has 1 aromatic rings. The van der Waals surface area contributed by atoms with E-state index >= 15 is 0 Å². The van der Waals surface area contributed by atoms with Gasteiger partial charge in [0.25, 0.3) is 0 Å². The maximum atomic E-state index is 5.94. The fourth-order valence-corrected chi connectivity index (χ4v) is 4.01. The van der Waals surface area contributed by atoms with Gasteiger partial charge >= 0.3 is 0 Å². The van der Waals surface area contributed by atoms with E-state index in [-0.39, 0.29) is 5.54 Å². The summed E-state index contributed by atoms with van der Waals surface area (Å²) >= 11 is 0. The molecule has 1 fully saturated rings. The second-order valence-corrected chi connectivity index (χ2v) is 6.86. The highest BCUT2D eigenvalue weighted by Crippen LogP contribution is 2.40. The van der Waals surface area contributed by atoms with Crippen LogP contribution in [-0.2, 0) is 6.42 Å². The van der Waals surface area contributed by atoms with Crippen LogP contribution in [0.5, 0.6) is 5.75 Å². The van der Waals surface area contributed by atoms with E-state index in [2.05, 4.69) is 49.3 Å². The van der Waals surface area contributed by atoms with Gasteiger partial charge in [-0.2, -0.15) is 0 Å². The molecule has 116 valence electrons. The van der Waals surface area contributed by atoms with Gasteiger partial charge in [-0.15, -0.1) is 0 Å². The van der Waals surface area contributed by atoms with Crippen molar-refractivity contribution in [1.29, 1.82) is 0 Å². The number of hydrogen-bond acceptors (Lipinski definition) is 3. The first-order valence-electron chi connectivity index (χ1n) is 8.31. The zero-order valence-electron chi connectivity index (χ0n) is 13.6. The fourth-order valence-electron chi connectivity index (χ4n) is 4.01. The highest BCUT2D eigenvalue weighted by atomic mass is 16.5. The number of nitrogens with one attached hydrogen (secondary N) is 1. The number of hydrogen-bond donors (Lipinski definition) is 1. The highest BCUT2D eigenvalue weighted by Gasteiger charge is 2.38. The normalized spacial score (nSPS) is 20.9.